The summed E-state index contributed by atoms with van der Waals surface area (Å²) >= 11 is 0. The van der Waals surface area contributed by atoms with Gasteiger partial charge in [-0.3, -0.25) is 19.1 Å². The van der Waals surface area contributed by atoms with Gasteiger partial charge in [-0.05, 0) is 24.1 Å². The summed E-state index contributed by atoms with van der Waals surface area (Å²) in [4.78, 5) is 44.9. The first kappa shape index (κ1) is 18.8. The average molecular weight is 395 g/mol. The third kappa shape index (κ3) is 3.37. The fourth-order valence-electron chi connectivity index (χ4n) is 3.21. The molecule has 3 aromatic rings. The van der Waals surface area contributed by atoms with E-state index in [2.05, 4.69) is 15.2 Å². The normalized spacial score (nSPS) is 13.4. The number of rotatable bonds is 5. The Morgan fingerprint density at radius 2 is 1.97 bits per heavy atom. The number of likely N-dealkylation sites (tertiary alicyclic amines) is 1. The summed E-state index contributed by atoms with van der Waals surface area (Å²) in [6.45, 7) is 1.41. The number of ketones is 1. The molecule has 0 radical (unpaired) electrons. The van der Waals surface area contributed by atoms with Gasteiger partial charge in [0.1, 0.15) is 5.69 Å². The lowest BCUT2D eigenvalue weighted by Gasteiger charge is -2.30. The van der Waals surface area contributed by atoms with Crippen LogP contribution in [0.5, 0.6) is 0 Å². The summed E-state index contributed by atoms with van der Waals surface area (Å²) in [5, 5.41) is 8.27. The van der Waals surface area contributed by atoms with E-state index < -0.39 is 0 Å². The molecule has 0 aromatic carbocycles. The third-order valence-electron chi connectivity index (χ3n) is 4.94. The predicted molar refractivity (Wildman–Crippen MR) is 103 cm³/mol. The van der Waals surface area contributed by atoms with Gasteiger partial charge in [0.05, 0.1) is 11.8 Å². The smallest absolute Gasteiger partial charge is 0.293 e. The molecule has 1 saturated heterocycles. The highest BCUT2D eigenvalue weighted by Crippen LogP contribution is 2.18. The maximum absolute atomic E-state index is 13.0. The molecule has 2 amide bonds. The molecule has 1 aliphatic rings. The predicted octanol–water partition coefficient (Wildman–Crippen LogP) is 0.436. The Balaban J connectivity index is 1.59. The van der Waals surface area contributed by atoms with E-state index in [1.807, 2.05) is 0 Å². The lowest BCUT2D eigenvalue weighted by molar-refractivity contribution is 0.0647. The molecule has 1 aliphatic heterocycles. The molecule has 0 spiro atoms. The van der Waals surface area contributed by atoms with Crippen molar-refractivity contribution in [1.29, 1.82) is 0 Å². The van der Waals surface area contributed by atoms with Crippen molar-refractivity contribution >= 4 is 23.2 Å². The van der Waals surface area contributed by atoms with E-state index in [4.69, 9.17) is 0 Å². The van der Waals surface area contributed by atoms with Crippen molar-refractivity contribution in [2.45, 2.75) is 12.8 Å². The van der Waals surface area contributed by atoms with Crippen molar-refractivity contribution in [2.24, 2.45) is 7.05 Å². The first-order valence-corrected chi connectivity index (χ1v) is 9.26. The number of aryl methyl sites for hydroxylation is 1. The molecular formula is C19H21N7O3. The van der Waals surface area contributed by atoms with Crippen LogP contribution in [-0.4, -0.2) is 79.0 Å². The van der Waals surface area contributed by atoms with Gasteiger partial charge in [0.15, 0.2) is 11.4 Å². The number of aromatic nitrogens is 5. The second kappa shape index (κ2) is 7.12. The number of pyridine rings is 1. The minimum atomic E-state index is -0.296. The SMILES string of the molecule is CN(C)C(=O)c1nc2cc(CC(=O)c3c(C(=O)N4CCC4)cnn3C)ccn2n1. The van der Waals surface area contributed by atoms with Gasteiger partial charge in [0.25, 0.3) is 11.8 Å². The molecule has 10 heteroatoms. The van der Waals surface area contributed by atoms with Crippen LogP contribution in [0.15, 0.2) is 24.5 Å². The highest BCUT2D eigenvalue weighted by atomic mass is 16.2. The molecule has 1 fully saturated rings. The summed E-state index contributed by atoms with van der Waals surface area (Å²) < 4.78 is 2.94. The minimum absolute atomic E-state index is 0.0835. The second-order valence-corrected chi connectivity index (χ2v) is 7.25. The number of Topliss-reactive ketones (excluding diaryl/α,β-unsaturated/α-hetero) is 1. The first-order chi connectivity index (χ1) is 13.8. The summed E-state index contributed by atoms with van der Waals surface area (Å²) in [6.07, 6.45) is 4.17. The molecule has 4 rings (SSSR count). The summed E-state index contributed by atoms with van der Waals surface area (Å²) in [5.74, 6) is -0.572. The van der Waals surface area contributed by atoms with Crippen molar-refractivity contribution in [1.82, 2.24) is 34.2 Å². The van der Waals surface area contributed by atoms with E-state index in [0.717, 1.165) is 6.42 Å². The van der Waals surface area contributed by atoms with Gasteiger partial charge < -0.3 is 9.80 Å². The molecular weight excluding hydrogens is 374 g/mol. The summed E-state index contributed by atoms with van der Waals surface area (Å²) in [5.41, 5.74) is 1.82. The molecule has 0 N–H and O–H groups in total. The fourth-order valence-corrected chi connectivity index (χ4v) is 3.21. The van der Waals surface area contributed by atoms with Crippen LogP contribution in [-0.2, 0) is 13.5 Å². The number of carbonyl (C=O) groups excluding carboxylic acids is 3. The van der Waals surface area contributed by atoms with Gasteiger partial charge in [-0.25, -0.2) is 9.50 Å². The molecule has 0 bridgehead atoms. The van der Waals surface area contributed by atoms with Crippen LogP contribution in [0.4, 0.5) is 0 Å². The number of carbonyl (C=O) groups is 3. The Labute approximate surface area is 166 Å². The Morgan fingerprint density at radius 1 is 1.21 bits per heavy atom. The van der Waals surface area contributed by atoms with E-state index in [1.54, 1.807) is 44.4 Å². The van der Waals surface area contributed by atoms with E-state index >= 15 is 0 Å². The van der Waals surface area contributed by atoms with Gasteiger partial charge in [-0.15, -0.1) is 5.10 Å². The molecule has 10 nitrogen and oxygen atoms in total. The maximum Gasteiger partial charge on any atom is 0.293 e. The van der Waals surface area contributed by atoms with Gasteiger partial charge in [-0.1, -0.05) is 0 Å². The van der Waals surface area contributed by atoms with Crippen LogP contribution < -0.4 is 0 Å². The van der Waals surface area contributed by atoms with Crippen molar-refractivity contribution in [3.05, 3.63) is 47.2 Å². The van der Waals surface area contributed by atoms with Crippen LogP contribution in [0.2, 0.25) is 0 Å². The summed E-state index contributed by atoms with van der Waals surface area (Å²) in [7, 11) is 4.91. The van der Waals surface area contributed by atoms with E-state index in [1.165, 1.54) is 20.3 Å². The number of hydrogen-bond acceptors (Lipinski definition) is 6. The standard InChI is InChI=1S/C19H21N7O3/c1-23(2)19(29)17-21-15-10-12(5-8-26(15)22-17)9-14(27)16-13(11-20-24(16)3)18(28)25-6-4-7-25/h5,8,10-11H,4,6-7,9H2,1-3H3. The van der Waals surface area contributed by atoms with Gasteiger partial charge in [0, 0.05) is 46.9 Å². The van der Waals surface area contributed by atoms with Crippen LogP contribution in [0.25, 0.3) is 5.65 Å². The van der Waals surface area contributed by atoms with Crippen molar-refractivity contribution in [2.75, 3.05) is 27.2 Å². The Hall–Kier alpha value is -3.56. The molecule has 150 valence electrons. The molecule has 3 aromatic heterocycles. The molecule has 4 heterocycles. The van der Waals surface area contributed by atoms with Crippen molar-refractivity contribution in [3.8, 4) is 0 Å². The topological polar surface area (TPSA) is 106 Å². The van der Waals surface area contributed by atoms with E-state index in [0.29, 0.717) is 35.6 Å². The van der Waals surface area contributed by atoms with Gasteiger partial charge >= 0.3 is 0 Å². The van der Waals surface area contributed by atoms with Crippen molar-refractivity contribution < 1.29 is 14.4 Å². The molecule has 29 heavy (non-hydrogen) atoms. The lowest BCUT2D eigenvalue weighted by atomic mass is 10.0. The van der Waals surface area contributed by atoms with Crippen LogP contribution in [0.3, 0.4) is 0 Å². The zero-order valence-corrected chi connectivity index (χ0v) is 16.5. The highest BCUT2D eigenvalue weighted by Gasteiger charge is 2.28. The second-order valence-electron chi connectivity index (χ2n) is 7.25. The molecule has 0 saturated carbocycles. The van der Waals surface area contributed by atoms with Gasteiger partial charge in [0.2, 0.25) is 5.82 Å². The third-order valence-corrected chi connectivity index (χ3v) is 4.94. The zero-order valence-electron chi connectivity index (χ0n) is 16.5. The first-order valence-electron chi connectivity index (χ1n) is 9.26. The highest BCUT2D eigenvalue weighted by molar-refractivity contribution is 6.07. The fraction of sp³-hybridized carbons (Fsp3) is 0.368. The van der Waals surface area contributed by atoms with E-state index in [9.17, 15) is 14.4 Å². The van der Waals surface area contributed by atoms with Crippen LogP contribution >= 0.6 is 0 Å². The van der Waals surface area contributed by atoms with Crippen molar-refractivity contribution in [3.63, 3.8) is 0 Å². The lowest BCUT2D eigenvalue weighted by Crippen LogP contribution is -2.42. The van der Waals surface area contributed by atoms with E-state index in [-0.39, 0.29) is 29.8 Å². The minimum Gasteiger partial charge on any atom is -0.342 e. The molecule has 0 aliphatic carbocycles. The maximum atomic E-state index is 13.0. The number of fused-ring (bicyclic) bond motifs is 1. The van der Waals surface area contributed by atoms with Gasteiger partial charge in [-0.2, -0.15) is 5.10 Å². The molecule has 0 atom stereocenters. The quantitative estimate of drug-likeness (QED) is 0.580. The largest absolute Gasteiger partial charge is 0.342 e. The number of amides is 2. The zero-order chi connectivity index (χ0) is 20.7. The number of nitrogens with zero attached hydrogens (tertiary/aromatic N) is 7. The molecule has 0 unspecified atom stereocenters. The van der Waals surface area contributed by atoms with Crippen LogP contribution in [0, 0.1) is 0 Å². The Morgan fingerprint density at radius 3 is 2.62 bits per heavy atom. The average Bonchev–Trinajstić information content (AvgIpc) is 3.22. The van der Waals surface area contributed by atoms with Crippen LogP contribution in [0.1, 0.15) is 43.4 Å². The monoisotopic (exact) mass is 395 g/mol. The Kier molecular flexibility index (Phi) is 4.61. The number of hydrogen-bond donors (Lipinski definition) is 0. The summed E-state index contributed by atoms with van der Waals surface area (Å²) in [6, 6.07) is 3.46. The Bertz CT molecular complexity index is 1120.